The number of amides is 3. The lowest BCUT2D eigenvalue weighted by atomic mass is 9.85. The molecule has 1 fully saturated rings. The molecule has 2 aliphatic rings. The lowest BCUT2D eigenvalue weighted by molar-refractivity contribution is -0.140. The molecule has 3 aromatic rings. The van der Waals surface area contributed by atoms with Crippen LogP contribution < -0.4 is 5.32 Å². The maximum Gasteiger partial charge on any atom is 0.233 e. The number of fused-ring (bicyclic) bond motifs is 4. The van der Waals surface area contributed by atoms with E-state index in [1.807, 2.05) is 48.6 Å². The van der Waals surface area contributed by atoms with Crippen LogP contribution >= 0.6 is 0 Å². The summed E-state index contributed by atoms with van der Waals surface area (Å²) < 4.78 is 5.80. The summed E-state index contributed by atoms with van der Waals surface area (Å²) in [4.78, 5) is 38.7. The molecular weight excluding hydrogens is 368 g/mol. The van der Waals surface area contributed by atoms with E-state index in [0.29, 0.717) is 18.5 Å². The van der Waals surface area contributed by atoms with Crippen molar-refractivity contribution in [2.75, 3.05) is 11.9 Å². The van der Waals surface area contributed by atoms with Gasteiger partial charge in [0.05, 0.1) is 11.8 Å². The molecule has 1 aliphatic heterocycles. The fourth-order valence-corrected chi connectivity index (χ4v) is 4.33. The number of anilines is 1. The maximum absolute atomic E-state index is 12.5. The average molecular weight is 388 g/mol. The van der Waals surface area contributed by atoms with E-state index >= 15 is 0 Å². The summed E-state index contributed by atoms with van der Waals surface area (Å²) in [5, 5.41) is 4.78. The summed E-state index contributed by atoms with van der Waals surface area (Å²) in [5.74, 6) is -1.04. The standard InChI is InChI=1S/C23H20N2O4/c26-21(11-12-25-22(27)16-6-1-2-7-17(16)23(25)28)24-14-9-10-20-18(13-14)15-5-3-4-8-19(15)29-20/h1-5,8-10,13,16-17H,6-7,11-12H2,(H,24,26)/t16-,17-/m0/s1. The predicted molar refractivity (Wildman–Crippen MR) is 109 cm³/mol. The summed E-state index contributed by atoms with van der Waals surface area (Å²) in [6, 6.07) is 13.2. The summed E-state index contributed by atoms with van der Waals surface area (Å²) >= 11 is 0. The Labute approximate surface area is 167 Å². The maximum atomic E-state index is 12.5. The Balaban J connectivity index is 1.27. The lowest BCUT2D eigenvalue weighted by Crippen LogP contribution is -2.34. The number of allylic oxidation sites excluding steroid dienone is 2. The first-order valence-electron chi connectivity index (χ1n) is 9.83. The van der Waals surface area contributed by atoms with Gasteiger partial charge in [-0.1, -0.05) is 30.4 Å². The molecule has 1 aromatic heterocycles. The summed E-state index contributed by atoms with van der Waals surface area (Å²) in [6.07, 6.45) is 5.21. The summed E-state index contributed by atoms with van der Waals surface area (Å²) in [5.41, 5.74) is 2.22. The van der Waals surface area contributed by atoms with E-state index in [2.05, 4.69) is 5.32 Å². The van der Waals surface area contributed by atoms with Crippen LogP contribution in [-0.2, 0) is 14.4 Å². The molecule has 0 saturated carbocycles. The zero-order valence-corrected chi connectivity index (χ0v) is 15.8. The van der Waals surface area contributed by atoms with Gasteiger partial charge in [-0.3, -0.25) is 19.3 Å². The highest BCUT2D eigenvalue weighted by Gasteiger charge is 2.46. The van der Waals surface area contributed by atoms with Crippen LogP contribution in [0, 0.1) is 11.8 Å². The fourth-order valence-electron chi connectivity index (χ4n) is 4.33. The minimum atomic E-state index is -0.257. The molecule has 6 heteroatoms. The molecule has 146 valence electrons. The third-order valence-electron chi connectivity index (χ3n) is 5.82. The van der Waals surface area contributed by atoms with Gasteiger partial charge in [-0.05, 0) is 37.1 Å². The van der Waals surface area contributed by atoms with Gasteiger partial charge in [0.2, 0.25) is 17.7 Å². The van der Waals surface area contributed by atoms with Crippen molar-refractivity contribution in [2.45, 2.75) is 19.3 Å². The monoisotopic (exact) mass is 388 g/mol. The van der Waals surface area contributed by atoms with Crippen molar-refractivity contribution >= 4 is 45.3 Å². The zero-order valence-electron chi connectivity index (χ0n) is 15.8. The molecule has 29 heavy (non-hydrogen) atoms. The van der Waals surface area contributed by atoms with Crippen molar-refractivity contribution in [2.24, 2.45) is 11.8 Å². The van der Waals surface area contributed by atoms with E-state index in [4.69, 9.17) is 4.42 Å². The number of imide groups is 1. The Bertz CT molecular complexity index is 1150. The van der Waals surface area contributed by atoms with E-state index in [1.165, 1.54) is 4.90 Å². The number of furan rings is 1. The number of hydrogen-bond donors (Lipinski definition) is 1. The molecular formula is C23H20N2O4. The first kappa shape index (κ1) is 17.7. The first-order valence-corrected chi connectivity index (χ1v) is 9.83. The second-order valence-electron chi connectivity index (χ2n) is 7.59. The third kappa shape index (κ3) is 3.01. The number of carbonyl (C=O) groups is 3. The minimum Gasteiger partial charge on any atom is -0.456 e. The third-order valence-corrected chi connectivity index (χ3v) is 5.82. The number of hydrogen-bond acceptors (Lipinski definition) is 4. The SMILES string of the molecule is O=C(CCN1C(=O)[C@H]2CC=CC[C@@H]2C1=O)Nc1ccc2oc3ccccc3c2c1. The van der Waals surface area contributed by atoms with Crippen molar-refractivity contribution < 1.29 is 18.8 Å². The highest BCUT2D eigenvalue weighted by atomic mass is 16.3. The first-order chi connectivity index (χ1) is 14.1. The Morgan fingerprint density at radius 3 is 2.41 bits per heavy atom. The van der Waals surface area contributed by atoms with Crippen molar-refractivity contribution in [3.05, 3.63) is 54.6 Å². The van der Waals surface area contributed by atoms with Gasteiger partial charge in [0.25, 0.3) is 0 Å². The van der Waals surface area contributed by atoms with Crippen molar-refractivity contribution in [3.63, 3.8) is 0 Å². The van der Waals surface area contributed by atoms with Crippen LogP contribution in [0.4, 0.5) is 5.69 Å². The Morgan fingerprint density at radius 2 is 1.66 bits per heavy atom. The van der Waals surface area contributed by atoms with Gasteiger partial charge in [-0.2, -0.15) is 0 Å². The van der Waals surface area contributed by atoms with Gasteiger partial charge in [0.15, 0.2) is 0 Å². The van der Waals surface area contributed by atoms with Crippen LogP contribution in [0.1, 0.15) is 19.3 Å². The molecule has 1 N–H and O–H groups in total. The van der Waals surface area contributed by atoms with Crippen LogP contribution in [0.25, 0.3) is 21.9 Å². The van der Waals surface area contributed by atoms with Crippen LogP contribution in [0.2, 0.25) is 0 Å². The molecule has 2 atom stereocenters. The number of benzene rings is 2. The fraction of sp³-hybridized carbons (Fsp3) is 0.261. The van der Waals surface area contributed by atoms with E-state index in [9.17, 15) is 14.4 Å². The van der Waals surface area contributed by atoms with Crippen LogP contribution in [-0.4, -0.2) is 29.2 Å². The van der Waals surface area contributed by atoms with Gasteiger partial charge in [-0.15, -0.1) is 0 Å². The van der Waals surface area contributed by atoms with E-state index in [0.717, 1.165) is 21.9 Å². The van der Waals surface area contributed by atoms with Gasteiger partial charge in [0, 0.05) is 29.4 Å². The Morgan fingerprint density at radius 1 is 0.966 bits per heavy atom. The van der Waals surface area contributed by atoms with Gasteiger partial charge in [-0.25, -0.2) is 0 Å². The Hall–Kier alpha value is -3.41. The van der Waals surface area contributed by atoms with Gasteiger partial charge >= 0.3 is 0 Å². The topological polar surface area (TPSA) is 79.6 Å². The van der Waals surface area contributed by atoms with E-state index < -0.39 is 0 Å². The van der Waals surface area contributed by atoms with Gasteiger partial charge < -0.3 is 9.73 Å². The van der Waals surface area contributed by atoms with Gasteiger partial charge in [0.1, 0.15) is 11.2 Å². The van der Waals surface area contributed by atoms with Crippen molar-refractivity contribution in [1.29, 1.82) is 0 Å². The molecule has 3 amide bonds. The largest absolute Gasteiger partial charge is 0.456 e. The molecule has 5 rings (SSSR count). The van der Waals surface area contributed by atoms with Crippen LogP contribution in [0.5, 0.6) is 0 Å². The summed E-state index contributed by atoms with van der Waals surface area (Å²) in [7, 11) is 0. The number of likely N-dealkylation sites (tertiary alicyclic amines) is 1. The van der Waals surface area contributed by atoms with Crippen molar-refractivity contribution in [1.82, 2.24) is 4.90 Å². The molecule has 0 radical (unpaired) electrons. The number of nitrogens with zero attached hydrogens (tertiary/aromatic N) is 1. The minimum absolute atomic E-state index is 0.0779. The Kier molecular flexibility index (Phi) is 4.19. The molecule has 0 unspecified atom stereocenters. The molecule has 2 heterocycles. The second kappa shape index (κ2) is 6.88. The quantitative estimate of drug-likeness (QED) is 0.544. The second-order valence-corrected chi connectivity index (χ2v) is 7.59. The average Bonchev–Trinajstić information content (AvgIpc) is 3.22. The van der Waals surface area contributed by atoms with Crippen LogP contribution in [0.15, 0.2) is 59.0 Å². The highest BCUT2D eigenvalue weighted by Crippen LogP contribution is 2.35. The normalized spacial score (nSPS) is 21.2. The number of nitrogens with one attached hydrogen (secondary N) is 1. The van der Waals surface area contributed by atoms with Crippen LogP contribution in [0.3, 0.4) is 0 Å². The smallest absolute Gasteiger partial charge is 0.233 e. The summed E-state index contributed by atoms with van der Waals surface area (Å²) in [6.45, 7) is 0.118. The number of rotatable bonds is 4. The molecule has 0 spiro atoms. The van der Waals surface area contributed by atoms with Crippen molar-refractivity contribution in [3.8, 4) is 0 Å². The molecule has 0 bridgehead atoms. The molecule has 1 aliphatic carbocycles. The number of carbonyl (C=O) groups excluding carboxylic acids is 3. The number of para-hydroxylation sites is 1. The highest BCUT2D eigenvalue weighted by molar-refractivity contribution is 6.07. The predicted octanol–water partition coefficient (Wildman–Crippen LogP) is 3.87. The lowest BCUT2D eigenvalue weighted by Gasteiger charge is -2.14. The van der Waals surface area contributed by atoms with E-state index in [-0.39, 0.29) is 42.5 Å². The van der Waals surface area contributed by atoms with E-state index in [1.54, 1.807) is 6.07 Å². The molecule has 6 nitrogen and oxygen atoms in total. The zero-order chi connectivity index (χ0) is 20.0. The molecule has 2 aromatic carbocycles. The molecule has 1 saturated heterocycles.